The van der Waals surface area contributed by atoms with E-state index in [2.05, 4.69) is 21.1 Å². The van der Waals surface area contributed by atoms with E-state index in [1.807, 2.05) is 13.8 Å². The summed E-state index contributed by atoms with van der Waals surface area (Å²) in [6.45, 7) is 3.70. The van der Waals surface area contributed by atoms with E-state index in [0.29, 0.717) is 6.42 Å². The van der Waals surface area contributed by atoms with Crippen molar-refractivity contribution in [3.63, 3.8) is 0 Å². The molecule has 0 saturated carbocycles. The quantitative estimate of drug-likeness (QED) is 0.514. The highest BCUT2D eigenvalue weighted by Gasteiger charge is 2.03. The summed E-state index contributed by atoms with van der Waals surface area (Å²) in [4.78, 5) is 22.5. The van der Waals surface area contributed by atoms with Crippen LogP contribution in [0.25, 0.3) is 0 Å². The summed E-state index contributed by atoms with van der Waals surface area (Å²) in [6, 6.07) is 0. The van der Waals surface area contributed by atoms with Crippen LogP contribution in [0.1, 0.15) is 33.1 Å². The zero-order chi connectivity index (χ0) is 14.3. The van der Waals surface area contributed by atoms with Gasteiger partial charge in [-0.15, -0.1) is 0 Å². The Balaban J connectivity index is 3.66. The third-order valence-corrected chi connectivity index (χ3v) is 1.89. The molecule has 19 heavy (non-hydrogen) atoms. The fourth-order valence-electron chi connectivity index (χ4n) is 0.998. The van der Waals surface area contributed by atoms with E-state index >= 15 is 0 Å². The molecule has 104 valence electrons. The van der Waals surface area contributed by atoms with Gasteiger partial charge in [0.25, 0.3) is 0 Å². The number of hydrogen-bond acceptors (Lipinski definition) is 4. The van der Waals surface area contributed by atoms with Crippen molar-refractivity contribution in [2.75, 3.05) is 0 Å². The molecule has 0 bridgehead atoms. The Kier molecular flexibility index (Phi) is 10.8. The molecule has 0 fully saturated rings. The highest BCUT2D eigenvalue weighted by Crippen LogP contribution is 1.95. The van der Waals surface area contributed by atoms with Crippen molar-refractivity contribution in [1.29, 1.82) is 0 Å². The van der Waals surface area contributed by atoms with Gasteiger partial charge in [-0.3, -0.25) is 9.59 Å². The number of nitrogens with zero attached hydrogens (tertiary/aromatic N) is 2. The Bertz CT molecular complexity index is 348. The highest BCUT2D eigenvalue weighted by atomic mass is 16.2. The summed E-state index contributed by atoms with van der Waals surface area (Å²) in [5.41, 5.74) is 4.72. The standard InChI is InChI=1S/C13H20N4O2/c1-3-5-10-14-16-12(18)8-7-9-13(19)17-15-11-6-4-2/h3-6,10-11H,7-9H2,1-2H3,(H,16,18)(H,17,19)/b5-3+,6-4+,14-10+,15-11+. The normalized spacial score (nSPS) is 11.9. The molecule has 0 saturated heterocycles. The summed E-state index contributed by atoms with van der Waals surface area (Å²) >= 11 is 0. The maximum Gasteiger partial charge on any atom is 0.240 e. The van der Waals surface area contributed by atoms with Gasteiger partial charge in [-0.1, -0.05) is 12.2 Å². The number of allylic oxidation sites excluding steroid dienone is 4. The first-order valence-corrected chi connectivity index (χ1v) is 6.07. The minimum Gasteiger partial charge on any atom is -0.273 e. The predicted molar refractivity (Wildman–Crippen MR) is 76.7 cm³/mol. The first-order chi connectivity index (χ1) is 9.20. The van der Waals surface area contributed by atoms with Crippen molar-refractivity contribution in [2.24, 2.45) is 10.2 Å². The molecule has 0 spiro atoms. The highest BCUT2D eigenvalue weighted by molar-refractivity contribution is 5.80. The van der Waals surface area contributed by atoms with Crippen molar-refractivity contribution < 1.29 is 9.59 Å². The van der Waals surface area contributed by atoms with Crippen molar-refractivity contribution in [2.45, 2.75) is 33.1 Å². The van der Waals surface area contributed by atoms with Crippen LogP contribution in [-0.4, -0.2) is 24.2 Å². The average molecular weight is 264 g/mol. The van der Waals surface area contributed by atoms with Gasteiger partial charge >= 0.3 is 0 Å². The maximum absolute atomic E-state index is 11.3. The van der Waals surface area contributed by atoms with Crippen LogP contribution in [0, 0.1) is 0 Å². The molecule has 0 aliphatic heterocycles. The Morgan fingerprint density at radius 3 is 1.68 bits per heavy atom. The molecule has 0 aromatic heterocycles. The third kappa shape index (κ3) is 12.0. The summed E-state index contributed by atoms with van der Waals surface area (Å²) in [6.07, 6.45) is 10.9. The van der Waals surface area contributed by atoms with E-state index in [4.69, 9.17) is 0 Å². The molecule has 2 amide bonds. The largest absolute Gasteiger partial charge is 0.273 e. The van der Waals surface area contributed by atoms with Crippen molar-refractivity contribution in [3.8, 4) is 0 Å². The molecular weight excluding hydrogens is 244 g/mol. The van der Waals surface area contributed by atoms with Crippen LogP contribution < -0.4 is 10.9 Å². The van der Waals surface area contributed by atoms with E-state index in [-0.39, 0.29) is 24.7 Å². The Morgan fingerprint density at radius 2 is 1.32 bits per heavy atom. The second kappa shape index (κ2) is 12.2. The first kappa shape index (κ1) is 16.8. The molecule has 0 rings (SSSR count). The van der Waals surface area contributed by atoms with Crippen LogP contribution in [-0.2, 0) is 9.59 Å². The minimum absolute atomic E-state index is 0.217. The molecule has 6 nitrogen and oxygen atoms in total. The van der Waals surface area contributed by atoms with Crippen LogP contribution >= 0.6 is 0 Å². The van der Waals surface area contributed by atoms with Gasteiger partial charge in [0.1, 0.15) is 0 Å². The van der Waals surface area contributed by atoms with Gasteiger partial charge in [-0.2, -0.15) is 10.2 Å². The summed E-state index contributed by atoms with van der Waals surface area (Å²) in [7, 11) is 0. The molecule has 0 unspecified atom stereocenters. The minimum atomic E-state index is -0.217. The van der Waals surface area contributed by atoms with Gasteiger partial charge in [0.15, 0.2) is 0 Å². The van der Waals surface area contributed by atoms with E-state index in [0.717, 1.165) is 0 Å². The predicted octanol–water partition coefficient (Wildman–Crippen LogP) is 1.51. The fourth-order valence-corrected chi connectivity index (χ4v) is 0.998. The molecule has 0 aliphatic rings. The lowest BCUT2D eigenvalue weighted by atomic mass is 10.2. The van der Waals surface area contributed by atoms with Crippen molar-refractivity contribution in [3.05, 3.63) is 24.3 Å². The van der Waals surface area contributed by atoms with Gasteiger partial charge < -0.3 is 0 Å². The van der Waals surface area contributed by atoms with Crippen molar-refractivity contribution >= 4 is 24.2 Å². The number of rotatable bonds is 8. The number of carbonyl (C=O) groups is 2. The number of carbonyl (C=O) groups excluding carboxylic acids is 2. The monoisotopic (exact) mass is 264 g/mol. The summed E-state index contributed by atoms with van der Waals surface area (Å²) in [5.74, 6) is -0.433. The van der Waals surface area contributed by atoms with Gasteiger partial charge in [0.2, 0.25) is 11.8 Å². The van der Waals surface area contributed by atoms with Gasteiger partial charge in [-0.05, 0) is 32.4 Å². The zero-order valence-electron chi connectivity index (χ0n) is 11.3. The molecule has 0 aromatic carbocycles. The third-order valence-electron chi connectivity index (χ3n) is 1.89. The van der Waals surface area contributed by atoms with Crippen LogP contribution in [0.2, 0.25) is 0 Å². The van der Waals surface area contributed by atoms with Crippen LogP contribution in [0.5, 0.6) is 0 Å². The van der Waals surface area contributed by atoms with E-state index < -0.39 is 0 Å². The molecular formula is C13H20N4O2. The van der Waals surface area contributed by atoms with Gasteiger partial charge in [-0.25, -0.2) is 10.9 Å². The fraction of sp³-hybridized carbons (Fsp3) is 0.385. The maximum atomic E-state index is 11.3. The van der Waals surface area contributed by atoms with Crippen LogP contribution in [0.4, 0.5) is 0 Å². The van der Waals surface area contributed by atoms with E-state index in [1.54, 1.807) is 24.3 Å². The SMILES string of the molecule is C/C=C/C=N/NC(=O)CCCC(=O)N/N=C/C=C/C. The lowest BCUT2D eigenvalue weighted by Crippen LogP contribution is -2.20. The second-order valence-electron chi connectivity index (χ2n) is 3.53. The Morgan fingerprint density at radius 1 is 0.895 bits per heavy atom. The summed E-state index contributed by atoms with van der Waals surface area (Å²) in [5, 5.41) is 7.37. The molecule has 0 heterocycles. The van der Waals surface area contributed by atoms with Crippen molar-refractivity contribution in [1.82, 2.24) is 10.9 Å². The molecule has 2 N–H and O–H groups in total. The number of nitrogens with one attached hydrogen (secondary N) is 2. The molecule has 0 atom stereocenters. The molecule has 0 aromatic rings. The Hall–Kier alpha value is -2.24. The lowest BCUT2D eigenvalue weighted by molar-refractivity contribution is -0.122. The topological polar surface area (TPSA) is 82.9 Å². The zero-order valence-corrected chi connectivity index (χ0v) is 11.3. The second-order valence-corrected chi connectivity index (χ2v) is 3.53. The van der Waals surface area contributed by atoms with Gasteiger partial charge in [0.05, 0.1) is 0 Å². The van der Waals surface area contributed by atoms with Crippen LogP contribution in [0.3, 0.4) is 0 Å². The average Bonchev–Trinajstić information content (AvgIpc) is 2.40. The molecule has 6 heteroatoms. The smallest absolute Gasteiger partial charge is 0.240 e. The molecule has 0 aliphatic carbocycles. The Labute approximate surface area is 113 Å². The number of hydrogen-bond donors (Lipinski definition) is 2. The lowest BCUT2D eigenvalue weighted by Gasteiger charge is -1.99. The van der Waals surface area contributed by atoms with E-state index in [9.17, 15) is 9.59 Å². The number of amides is 2. The molecule has 0 radical (unpaired) electrons. The van der Waals surface area contributed by atoms with Crippen LogP contribution in [0.15, 0.2) is 34.5 Å². The summed E-state index contributed by atoms with van der Waals surface area (Å²) < 4.78 is 0. The number of hydrazone groups is 2. The van der Waals surface area contributed by atoms with E-state index in [1.165, 1.54) is 12.4 Å². The van der Waals surface area contributed by atoms with Gasteiger partial charge in [0, 0.05) is 25.3 Å². The first-order valence-electron chi connectivity index (χ1n) is 6.07.